The fourth-order valence-electron chi connectivity index (χ4n) is 6.85. The van der Waals surface area contributed by atoms with E-state index in [4.69, 9.17) is 0 Å². The van der Waals surface area contributed by atoms with Gasteiger partial charge in [0.25, 0.3) is 0 Å². The molecule has 0 saturated carbocycles. The van der Waals surface area contributed by atoms with Gasteiger partial charge in [-0.05, 0) is 112 Å². The quantitative estimate of drug-likeness (QED) is 0.234. The van der Waals surface area contributed by atoms with Gasteiger partial charge in [-0.3, -0.25) is 30.3 Å². The number of rotatable bonds is 9. The molecule has 240 valence electrons. The van der Waals surface area contributed by atoms with Gasteiger partial charge in [0, 0.05) is 40.0 Å². The standard InChI is InChI=1S/C36H48N6O3/c1-22-19-34(37-7,40-25(4)43)13-10-31(22)28-16-29(32-11-14-35(38-8,20-23(32)2)41-26(5)44)18-30(17-28)33-12-15-36(39-9,21-24(33)3)42-27(6)45/h10-18,37-39H,19-21H2,1-9H3,(H,40,43)(H,41,44)(H,42,45). The van der Waals surface area contributed by atoms with Crippen LogP contribution in [0.4, 0.5) is 0 Å². The summed E-state index contributed by atoms with van der Waals surface area (Å²) in [5.41, 5.74) is 8.07. The van der Waals surface area contributed by atoms with Crippen LogP contribution in [0, 0.1) is 0 Å². The second kappa shape index (κ2) is 13.1. The van der Waals surface area contributed by atoms with Crippen molar-refractivity contribution in [3.63, 3.8) is 0 Å². The van der Waals surface area contributed by atoms with Crippen LogP contribution in [0.5, 0.6) is 0 Å². The van der Waals surface area contributed by atoms with Gasteiger partial charge in [-0.2, -0.15) is 0 Å². The molecule has 3 aliphatic carbocycles. The molecule has 9 heteroatoms. The maximum Gasteiger partial charge on any atom is 0.218 e. The van der Waals surface area contributed by atoms with Crippen molar-refractivity contribution in [2.45, 2.75) is 77.8 Å². The van der Waals surface area contributed by atoms with Crippen molar-refractivity contribution in [1.82, 2.24) is 31.9 Å². The van der Waals surface area contributed by atoms with E-state index in [1.807, 2.05) is 39.4 Å². The van der Waals surface area contributed by atoms with E-state index in [-0.39, 0.29) is 17.7 Å². The van der Waals surface area contributed by atoms with Crippen LogP contribution >= 0.6 is 0 Å². The van der Waals surface area contributed by atoms with Gasteiger partial charge < -0.3 is 16.0 Å². The summed E-state index contributed by atoms with van der Waals surface area (Å²) in [5.74, 6) is -0.288. The molecule has 45 heavy (non-hydrogen) atoms. The number of nitrogens with one attached hydrogen (secondary N) is 6. The van der Waals surface area contributed by atoms with Crippen molar-refractivity contribution in [1.29, 1.82) is 0 Å². The number of benzene rings is 1. The van der Waals surface area contributed by atoms with Gasteiger partial charge in [-0.25, -0.2) is 0 Å². The zero-order chi connectivity index (χ0) is 33.2. The molecule has 3 amide bonds. The Morgan fingerprint density at radius 1 is 0.511 bits per heavy atom. The number of allylic oxidation sites excluding steroid dienone is 6. The third kappa shape index (κ3) is 7.27. The minimum atomic E-state index is -0.642. The van der Waals surface area contributed by atoms with E-state index in [1.165, 1.54) is 20.8 Å². The molecule has 0 spiro atoms. The molecule has 0 fully saturated rings. The van der Waals surface area contributed by atoms with E-state index < -0.39 is 17.0 Å². The van der Waals surface area contributed by atoms with Gasteiger partial charge in [-0.1, -0.05) is 34.9 Å². The molecule has 1 aromatic carbocycles. The summed E-state index contributed by atoms with van der Waals surface area (Å²) in [7, 11) is 5.56. The molecular formula is C36H48N6O3. The maximum atomic E-state index is 12.0. The zero-order valence-corrected chi connectivity index (χ0v) is 28.0. The number of likely N-dealkylation sites (N-methyl/N-ethyl adjacent to an activating group) is 3. The summed E-state index contributed by atoms with van der Waals surface area (Å²) in [6, 6.07) is 6.68. The predicted octanol–water partition coefficient (Wildman–Crippen LogP) is 4.04. The third-order valence-corrected chi connectivity index (χ3v) is 9.02. The van der Waals surface area contributed by atoms with Gasteiger partial charge in [0.2, 0.25) is 17.7 Å². The molecule has 0 heterocycles. The first-order chi connectivity index (χ1) is 21.2. The zero-order valence-electron chi connectivity index (χ0n) is 28.0. The molecule has 9 nitrogen and oxygen atoms in total. The summed E-state index contributed by atoms with van der Waals surface area (Å²) in [6.07, 6.45) is 14.2. The second-order valence-electron chi connectivity index (χ2n) is 12.6. The van der Waals surface area contributed by atoms with E-state index in [9.17, 15) is 14.4 Å². The lowest BCUT2D eigenvalue weighted by Crippen LogP contribution is -2.56. The van der Waals surface area contributed by atoms with E-state index >= 15 is 0 Å². The fraction of sp³-hybridized carbons (Fsp3) is 0.417. The molecule has 3 aliphatic rings. The lowest BCUT2D eigenvalue weighted by atomic mass is 9.81. The number of carbonyl (C=O) groups is 3. The molecule has 3 unspecified atom stereocenters. The van der Waals surface area contributed by atoms with Gasteiger partial charge in [0.15, 0.2) is 0 Å². The SMILES string of the molecule is CNC1(NC(C)=O)C=CC(c2cc(C3=C(C)CC(NC)(NC(C)=O)C=C3)cc(C3=C(C)CC(NC)(NC(C)=O)C=C3)c2)=C(C)C1. The molecule has 4 rings (SSSR count). The second-order valence-corrected chi connectivity index (χ2v) is 12.6. The van der Waals surface area contributed by atoms with Gasteiger partial charge >= 0.3 is 0 Å². The van der Waals surface area contributed by atoms with Gasteiger partial charge in [0.1, 0.15) is 17.0 Å². The van der Waals surface area contributed by atoms with Crippen LogP contribution in [0.25, 0.3) is 16.7 Å². The average molecular weight is 613 g/mol. The Morgan fingerprint density at radius 2 is 0.756 bits per heavy atom. The molecule has 0 bridgehead atoms. The Kier molecular flexibility index (Phi) is 9.87. The van der Waals surface area contributed by atoms with Crippen LogP contribution in [0.2, 0.25) is 0 Å². The Bertz CT molecular complexity index is 1400. The van der Waals surface area contributed by atoms with E-state index in [2.05, 4.69) is 89.1 Å². The van der Waals surface area contributed by atoms with Crippen molar-refractivity contribution >= 4 is 34.4 Å². The minimum absolute atomic E-state index is 0.0960. The Balaban J connectivity index is 1.85. The maximum absolute atomic E-state index is 12.0. The lowest BCUT2D eigenvalue weighted by Gasteiger charge is -2.36. The summed E-state index contributed by atoms with van der Waals surface area (Å²) in [6.45, 7) is 10.9. The largest absolute Gasteiger partial charge is 0.335 e. The smallest absolute Gasteiger partial charge is 0.218 e. The van der Waals surface area contributed by atoms with Crippen LogP contribution in [-0.4, -0.2) is 55.9 Å². The van der Waals surface area contributed by atoms with Crippen LogP contribution < -0.4 is 31.9 Å². The Morgan fingerprint density at radius 3 is 0.933 bits per heavy atom. The van der Waals surface area contributed by atoms with Crippen molar-refractivity contribution in [3.05, 3.63) is 88.1 Å². The average Bonchev–Trinajstić information content (AvgIpc) is 2.96. The monoisotopic (exact) mass is 612 g/mol. The molecule has 1 aromatic rings. The number of carbonyl (C=O) groups excluding carboxylic acids is 3. The summed E-state index contributed by atoms with van der Waals surface area (Å²) in [4.78, 5) is 36.0. The van der Waals surface area contributed by atoms with Gasteiger partial charge in [0.05, 0.1) is 0 Å². The molecule has 0 saturated heterocycles. The fourth-order valence-corrected chi connectivity index (χ4v) is 6.85. The van der Waals surface area contributed by atoms with Crippen molar-refractivity contribution in [2.75, 3.05) is 21.1 Å². The Labute approximate surface area is 267 Å². The highest BCUT2D eigenvalue weighted by Crippen LogP contribution is 2.39. The first-order valence-corrected chi connectivity index (χ1v) is 15.4. The number of amides is 3. The number of hydrogen-bond acceptors (Lipinski definition) is 6. The van der Waals surface area contributed by atoms with Crippen LogP contribution in [0.3, 0.4) is 0 Å². The summed E-state index contributed by atoms with van der Waals surface area (Å²) < 4.78 is 0. The highest BCUT2D eigenvalue weighted by atomic mass is 16.2. The topological polar surface area (TPSA) is 123 Å². The van der Waals surface area contributed by atoms with Crippen LogP contribution in [0.1, 0.15) is 77.5 Å². The van der Waals surface area contributed by atoms with Crippen molar-refractivity contribution in [3.8, 4) is 0 Å². The highest BCUT2D eigenvalue weighted by molar-refractivity contribution is 5.89. The first kappa shape index (κ1) is 33.8. The molecule has 0 radical (unpaired) electrons. The van der Waals surface area contributed by atoms with Crippen LogP contribution in [0.15, 0.2) is 71.4 Å². The van der Waals surface area contributed by atoms with Crippen LogP contribution in [-0.2, 0) is 14.4 Å². The Hall–Kier alpha value is -4.05. The predicted molar refractivity (Wildman–Crippen MR) is 182 cm³/mol. The lowest BCUT2D eigenvalue weighted by molar-refractivity contribution is -0.121. The summed E-state index contributed by atoms with van der Waals surface area (Å²) in [5, 5.41) is 19.0. The molecule has 0 aromatic heterocycles. The molecular weight excluding hydrogens is 564 g/mol. The minimum Gasteiger partial charge on any atom is -0.335 e. The van der Waals surface area contributed by atoms with Crippen molar-refractivity contribution in [2.24, 2.45) is 0 Å². The van der Waals surface area contributed by atoms with E-state index in [0.29, 0.717) is 19.3 Å². The third-order valence-electron chi connectivity index (χ3n) is 9.02. The molecule has 6 N–H and O–H groups in total. The van der Waals surface area contributed by atoms with E-state index in [1.54, 1.807) is 0 Å². The van der Waals surface area contributed by atoms with Gasteiger partial charge in [-0.15, -0.1) is 0 Å². The first-order valence-electron chi connectivity index (χ1n) is 15.4. The normalized spacial score (nSPS) is 26.3. The summed E-state index contributed by atoms with van der Waals surface area (Å²) >= 11 is 0. The van der Waals surface area contributed by atoms with E-state index in [0.717, 1.165) is 50.1 Å². The number of hydrogen-bond donors (Lipinski definition) is 6. The van der Waals surface area contributed by atoms with Crippen molar-refractivity contribution < 1.29 is 14.4 Å². The molecule has 3 atom stereocenters. The molecule has 0 aliphatic heterocycles. The highest BCUT2D eigenvalue weighted by Gasteiger charge is 2.33.